The zero-order chi connectivity index (χ0) is 12.3. The van der Waals surface area contributed by atoms with Crippen molar-refractivity contribution in [1.82, 2.24) is 4.72 Å². The van der Waals surface area contributed by atoms with Crippen LogP contribution in [-0.4, -0.2) is 23.7 Å². The highest BCUT2D eigenvalue weighted by Crippen LogP contribution is 2.31. The fourth-order valence-electron chi connectivity index (χ4n) is 1.24. The summed E-state index contributed by atoms with van der Waals surface area (Å²) in [4.78, 5) is 0. The topological polar surface area (TPSA) is 71.0 Å². The van der Waals surface area contributed by atoms with Gasteiger partial charge in [-0.2, -0.15) is 4.72 Å². The fourth-order valence-corrected chi connectivity index (χ4v) is 2.41. The Bertz CT molecular complexity index is 414. The third-order valence-corrected chi connectivity index (χ3v) is 3.32. The van der Waals surface area contributed by atoms with E-state index in [-0.39, 0.29) is 5.84 Å². The second kappa shape index (κ2) is 5.77. The summed E-state index contributed by atoms with van der Waals surface area (Å²) in [6, 6.07) is 3.46. The number of benzene rings is 1. The summed E-state index contributed by atoms with van der Waals surface area (Å²) in [5, 5.41) is 11.2. The third kappa shape index (κ3) is 3.04. The van der Waals surface area contributed by atoms with E-state index in [0.29, 0.717) is 16.3 Å². The minimum Gasteiger partial charge on any atom is -0.593 e. The fraction of sp³-hybridized carbons (Fsp3) is 0.222. The van der Waals surface area contributed by atoms with Crippen LogP contribution in [0.25, 0.3) is 0 Å². The Morgan fingerprint density at radius 2 is 2.19 bits per heavy atom. The van der Waals surface area contributed by atoms with Gasteiger partial charge in [-0.15, -0.1) is 0 Å². The molecule has 0 saturated carbocycles. The van der Waals surface area contributed by atoms with Crippen LogP contribution < -0.4 is 10.0 Å². The largest absolute Gasteiger partial charge is 0.593 e. The molecule has 0 spiro atoms. The predicted molar refractivity (Wildman–Crippen MR) is 72.7 cm³/mol. The molecule has 3 N–H and O–H groups in total. The molecule has 0 aliphatic carbocycles. The van der Waals surface area contributed by atoms with Crippen molar-refractivity contribution < 1.29 is 4.55 Å². The van der Waals surface area contributed by atoms with Crippen LogP contribution >= 0.6 is 27.5 Å². The van der Waals surface area contributed by atoms with Crippen molar-refractivity contribution in [3.8, 4) is 0 Å². The van der Waals surface area contributed by atoms with Crippen molar-refractivity contribution in [2.24, 2.45) is 0 Å². The van der Waals surface area contributed by atoms with Crippen molar-refractivity contribution in [2.45, 2.75) is 0 Å². The highest BCUT2D eigenvalue weighted by Gasteiger charge is 2.16. The molecule has 1 aromatic rings. The molecule has 1 rings (SSSR count). The Morgan fingerprint density at radius 3 is 2.69 bits per heavy atom. The van der Waals surface area contributed by atoms with Crippen LogP contribution in [0.3, 0.4) is 0 Å². The molecule has 0 aliphatic heterocycles. The zero-order valence-electron chi connectivity index (χ0n) is 8.73. The van der Waals surface area contributed by atoms with Crippen molar-refractivity contribution >= 4 is 50.4 Å². The molecule has 16 heavy (non-hydrogen) atoms. The molecule has 4 nitrogen and oxygen atoms in total. The lowest BCUT2D eigenvalue weighted by molar-refractivity contribution is 0.597. The molecule has 88 valence electrons. The van der Waals surface area contributed by atoms with Gasteiger partial charge in [0, 0.05) is 11.5 Å². The molecule has 0 bridgehead atoms. The van der Waals surface area contributed by atoms with E-state index in [4.69, 9.17) is 17.0 Å². The van der Waals surface area contributed by atoms with Crippen LogP contribution in [0.1, 0.15) is 5.56 Å². The van der Waals surface area contributed by atoms with Gasteiger partial charge < -0.3 is 9.87 Å². The minimum absolute atomic E-state index is 0.0245. The Balaban J connectivity index is 3.20. The number of hydrogen-bond acceptors (Lipinski definition) is 3. The number of nitrogens with one attached hydrogen (secondary N) is 3. The number of anilines is 1. The van der Waals surface area contributed by atoms with E-state index in [2.05, 4.69) is 26.0 Å². The highest BCUT2D eigenvalue weighted by molar-refractivity contribution is 9.10. The summed E-state index contributed by atoms with van der Waals surface area (Å²) in [6.45, 7) is 0. The van der Waals surface area contributed by atoms with E-state index >= 15 is 0 Å². The Hall–Kier alpha value is -0.430. The summed E-state index contributed by atoms with van der Waals surface area (Å²) < 4.78 is 14.3. The van der Waals surface area contributed by atoms with E-state index in [9.17, 15) is 4.55 Å². The lowest BCUT2D eigenvalue weighted by Gasteiger charge is -2.15. The maximum absolute atomic E-state index is 11.0. The van der Waals surface area contributed by atoms with Gasteiger partial charge in [-0.05, 0) is 28.1 Å². The van der Waals surface area contributed by atoms with Gasteiger partial charge in [0.1, 0.15) is 6.26 Å². The molecule has 1 aromatic carbocycles. The molecule has 1 atom stereocenters. The second-order valence-corrected chi connectivity index (χ2v) is 5.33. The molecular formula is C9H11BrClN3OS. The van der Waals surface area contributed by atoms with Gasteiger partial charge in [0.15, 0.2) is 5.84 Å². The van der Waals surface area contributed by atoms with Crippen molar-refractivity contribution in [1.29, 1.82) is 5.41 Å². The molecule has 0 saturated heterocycles. The number of hydrogen-bond donors (Lipinski definition) is 3. The normalized spacial score (nSPS) is 12.1. The maximum Gasteiger partial charge on any atom is 0.173 e. The average molecular weight is 325 g/mol. The number of rotatable bonds is 3. The van der Waals surface area contributed by atoms with E-state index in [1.165, 1.54) is 6.26 Å². The van der Waals surface area contributed by atoms with Crippen LogP contribution in [0, 0.1) is 5.41 Å². The maximum atomic E-state index is 11.0. The van der Waals surface area contributed by atoms with Gasteiger partial charge in [-0.1, -0.05) is 11.6 Å². The molecular weight excluding hydrogens is 314 g/mol. The first-order valence-electron chi connectivity index (χ1n) is 4.32. The molecule has 0 aromatic heterocycles. The summed E-state index contributed by atoms with van der Waals surface area (Å²) >= 11 is 8.07. The van der Waals surface area contributed by atoms with Gasteiger partial charge >= 0.3 is 0 Å². The lowest BCUT2D eigenvalue weighted by atomic mass is 10.1. The van der Waals surface area contributed by atoms with Gasteiger partial charge in [0.05, 0.1) is 27.6 Å². The van der Waals surface area contributed by atoms with Crippen LogP contribution in [0.2, 0.25) is 5.02 Å². The molecule has 0 fully saturated rings. The molecule has 0 amide bonds. The molecule has 1 unspecified atom stereocenters. The minimum atomic E-state index is -1.30. The first-order valence-corrected chi connectivity index (χ1v) is 7.05. The SMILES string of the molecule is CNc1c(Br)ccc(Cl)c1C(=N)N[S+](C)[O-]. The Labute approximate surface area is 111 Å². The van der Waals surface area contributed by atoms with E-state index in [1.807, 2.05) is 0 Å². The number of halogens is 2. The van der Waals surface area contributed by atoms with Crippen molar-refractivity contribution in [2.75, 3.05) is 18.6 Å². The summed E-state index contributed by atoms with van der Waals surface area (Å²) in [6.07, 6.45) is 1.46. The molecule has 7 heteroatoms. The highest BCUT2D eigenvalue weighted by atomic mass is 79.9. The standard InChI is InChI=1S/C9H11BrClN3OS/c1-13-8-5(10)3-4-6(11)7(8)9(12)14-16(2)15/h3-4,13H,1-2H3,(H2,12,14). The third-order valence-electron chi connectivity index (χ3n) is 1.85. The first kappa shape index (κ1) is 13.6. The molecule has 0 radical (unpaired) electrons. The molecule has 0 heterocycles. The van der Waals surface area contributed by atoms with Crippen LogP contribution in [0.5, 0.6) is 0 Å². The quantitative estimate of drug-likeness (QED) is 0.454. The lowest BCUT2D eigenvalue weighted by Crippen LogP contribution is -2.30. The summed E-state index contributed by atoms with van der Waals surface area (Å²) in [5.41, 5.74) is 1.18. The summed E-state index contributed by atoms with van der Waals surface area (Å²) in [7, 11) is 1.73. The van der Waals surface area contributed by atoms with Gasteiger partial charge in [-0.3, -0.25) is 5.41 Å². The van der Waals surface area contributed by atoms with Gasteiger partial charge in [0.2, 0.25) is 0 Å². The van der Waals surface area contributed by atoms with Crippen molar-refractivity contribution in [3.05, 3.63) is 27.2 Å². The van der Waals surface area contributed by atoms with Gasteiger partial charge in [-0.25, -0.2) is 0 Å². The summed E-state index contributed by atoms with van der Waals surface area (Å²) in [5.74, 6) is 0.0245. The van der Waals surface area contributed by atoms with E-state index < -0.39 is 11.4 Å². The first-order chi connectivity index (χ1) is 7.47. The Morgan fingerprint density at radius 1 is 1.56 bits per heavy atom. The van der Waals surface area contributed by atoms with E-state index in [1.54, 1.807) is 19.2 Å². The molecule has 0 aliphatic rings. The monoisotopic (exact) mass is 323 g/mol. The van der Waals surface area contributed by atoms with Gasteiger partial charge in [0.25, 0.3) is 0 Å². The Kier molecular flexibility index (Phi) is 4.91. The average Bonchev–Trinajstić information content (AvgIpc) is 2.19. The van der Waals surface area contributed by atoms with E-state index in [0.717, 1.165) is 4.47 Å². The van der Waals surface area contributed by atoms with Crippen LogP contribution in [0.15, 0.2) is 16.6 Å². The smallest absolute Gasteiger partial charge is 0.173 e. The second-order valence-electron chi connectivity index (χ2n) is 2.96. The zero-order valence-corrected chi connectivity index (χ0v) is 11.9. The van der Waals surface area contributed by atoms with Crippen LogP contribution in [-0.2, 0) is 11.4 Å². The number of amidine groups is 1. The predicted octanol–water partition coefficient (Wildman–Crippen LogP) is 2.35. The van der Waals surface area contributed by atoms with Crippen LogP contribution in [0.4, 0.5) is 5.69 Å². The van der Waals surface area contributed by atoms with Crippen molar-refractivity contribution in [3.63, 3.8) is 0 Å².